The third-order valence-corrected chi connectivity index (χ3v) is 4.64. The summed E-state index contributed by atoms with van der Waals surface area (Å²) in [5, 5.41) is 0. The number of fused-ring (bicyclic) bond motifs is 1. The molecule has 7 heteroatoms. The fourth-order valence-corrected chi connectivity index (χ4v) is 3.04. The molecule has 114 valence electrons. The van der Waals surface area contributed by atoms with Crippen LogP contribution in [-0.2, 0) is 16.6 Å². The van der Waals surface area contributed by atoms with E-state index in [9.17, 15) is 8.42 Å². The zero-order valence-electron chi connectivity index (χ0n) is 11.8. The summed E-state index contributed by atoms with van der Waals surface area (Å²) in [6.07, 6.45) is 1.28. The SMILES string of the molecule is COc1ccc(CNS(=O)(=O)c2ccc3ncoc3c2)cc1. The Morgan fingerprint density at radius 3 is 2.68 bits per heavy atom. The Morgan fingerprint density at radius 2 is 1.95 bits per heavy atom. The third-order valence-electron chi connectivity index (χ3n) is 3.24. The van der Waals surface area contributed by atoms with E-state index in [1.54, 1.807) is 37.4 Å². The van der Waals surface area contributed by atoms with Gasteiger partial charge in [-0.3, -0.25) is 0 Å². The first-order chi connectivity index (χ1) is 10.6. The molecule has 0 atom stereocenters. The highest BCUT2D eigenvalue weighted by Crippen LogP contribution is 2.18. The molecule has 0 aliphatic carbocycles. The number of methoxy groups -OCH3 is 1. The number of benzene rings is 2. The van der Waals surface area contributed by atoms with Crippen molar-refractivity contribution in [3.63, 3.8) is 0 Å². The summed E-state index contributed by atoms with van der Waals surface area (Å²) in [7, 11) is -2.03. The fraction of sp³-hybridized carbons (Fsp3) is 0.133. The van der Waals surface area contributed by atoms with E-state index in [0.717, 1.165) is 11.3 Å². The number of aromatic nitrogens is 1. The number of nitrogens with zero attached hydrogens (tertiary/aromatic N) is 1. The van der Waals surface area contributed by atoms with Crippen LogP contribution in [0.1, 0.15) is 5.56 Å². The molecule has 22 heavy (non-hydrogen) atoms. The van der Waals surface area contributed by atoms with Gasteiger partial charge < -0.3 is 9.15 Å². The summed E-state index contributed by atoms with van der Waals surface area (Å²) in [6.45, 7) is 0.195. The van der Waals surface area contributed by atoms with Gasteiger partial charge in [-0.1, -0.05) is 12.1 Å². The first-order valence-electron chi connectivity index (χ1n) is 6.54. The molecule has 0 saturated carbocycles. The molecule has 0 fully saturated rings. The number of rotatable bonds is 5. The molecule has 0 aliphatic rings. The van der Waals surface area contributed by atoms with Crippen LogP contribution >= 0.6 is 0 Å². The number of nitrogens with one attached hydrogen (secondary N) is 1. The van der Waals surface area contributed by atoms with Gasteiger partial charge in [-0.05, 0) is 29.8 Å². The summed E-state index contributed by atoms with van der Waals surface area (Å²) >= 11 is 0. The lowest BCUT2D eigenvalue weighted by Crippen LogP contribution is -2.23. The van der Waals surface area contributed by atoms with Gasteiger partial charge in [0.15, 0.2) is 12.0 Å². The van der Waals surface area contributed by atoms with Gasteiger partial charge in [-0.25, -0.2) is 18.1 Å². The van der Waals surface area contributed by atoms with Crippen LogP contribution in [0.4, 0.5) is 0 Å². The van der Waals surface area contributed by atoms with Crippen molar-refractivity contribution in [2.45, 2.75) is 11.4 Å². The molecule has 3 aromatic rings. The van der Waals surface area contributed by atoms with E-state index in [1.807, 2.05) is 0 Å². The first-order valence-corrected chi connectivity index (χ1v) is 8.03. The van der Waals surface area contributed by atoms with Crippen molar-refractivity contribution in [1.29, 1.82) is 0 Å². The minimum atomic E-state index is -3.61. The molecule has 0 spiro atoms. The van der Waals surface area contributed by atoms with Crippen LogP contribution in [-0.4, -0.2) is 20.5 Å². The number of oxazole rings is 1. The molecular weight excluding hydrogens is 304 g/mol. The van der Waals surface area contributed by atoms with Crippen LogP contribution < -0.4 is 9.46 Å². The largest absolute Gasteiger partial charge is 0.497 e. The topological polar surface area (TPSA) is 81.4 Å². The smallest absolute Gasteiger partial charge is 0.241 e. The molecule has 0 amide bonds. The Balaban J connectivity index is 1.77. The molecule has 0 aliphatic heterocycles. The molecule has 1 N–H and O–H groups in total. The van der Waals surface area contributed by atoms with E-state index in [2.05, 4.69) is 9.71 Å². The Labute approximate surface area is 127 Å². The zero-order valence-corrected chi connectivity index (χ0v) is 12.6. The Morgan fingerprint density at radius 1 is 1.18 bits per heavy atom. The van der Waals surface area contributed by atoms with Gasteiger partial charge in [0.1, 0.15) is 11.3 Å². The van der Waals surface area contributed by atoms with Crippen molar-refractivity contribution in [1.82, 2.24) is 9.71 Å². The first kappa shape index (κ1) is 14.6. The maximum atomic E-state index is 12.3. The molecule has 0 saturated heterocycles. The standard InChI is InChI=1S/C15H14N2O4S/c1-20-12-4-2-11(3-5-12)9-17-22(18,19)13-6-7-14-15(8-13)21-10-16-14/h2-8,10,17H,9H2,1H3. The van der Waals surface area contributed by atoms with E-state index < -0.39 is 10.0 Å². The molecule has 0 radical (unpaired) electrons. The Bertz CT molecular complexity index is 885. The summed E-state index contributed by atoms with van der Waals surface area (Å²) in [6, 6.07) is 11.7. The number of hydrogen-bond donors (Lipinski definition) is 1. The summed E-state index contributed by atoms with van der Waals surface area (Å²) in [4.78, 5) is 4.10. The number of hydrogen-bond acceptors (Lipinski definition) is 5. The molecule has 3 rings (SSSR count). The monoisotopic (exact) mass is 318 g/mol. The highest BCUT2D eigenvalue weighted by Gasteiger charge is 2.15. The highest BCUT2D eigenvalue weighted by molar-refractivity contribution is 7.89. The van der Waals surface area contributed by atoms with E-state index in [0.29, 0.717) is 11.1 Å². The summed E-state index contributed by atoms with van der Waals surface area (Å²) in [5.41, 5.74) is 1.89. The quantitative estimate of drug-likeness (QED) is 0.780. The third kappa shape index (κ3) is 2.95. The number of sulfonamides is 1. The van der Waals surface area contributed by atoms with Gasteiger partial charge in [-0.15, -0.1) is 0 Å². The van der Waals surface area contributed by atoms with Crippen LogP contribution in [0.5, 0.6) is 5.75 Å². The molecule has 0 bridgehead atoms. The lowest BCUT2D eigenvalue weighted by Gasteiger charge is -2.07. The van der Waals surface area contributed by atoms with Gasteiger partial charge >= 0.3 is 0 Å². The van der Waals surface area contributed by atoms with Crippen molar-refractivity contribution in [3.05, 3.63) is 54.4 Å². The average molecular weight is 318 g/mol. The summed E-state index contributed by atoms with van der Waals surface area (Å²) in [5.74, 6) is 0.724. The van der Waals surface area contributed by atoms with Crippen LogP contribution in [0.3, 0.4) is 0 Å². The zero-order chi connectivity index (χ0) is 15.6. The van der Waals surface area contributed by atoms with Crippen LogP contribution in [0, 0.1) is 0 Å². The fourth-order valence-electron chi connectivity index (χ4n) is 2.01. The number of ether oxygens (including phenoxy) is 1. The van der Waals surface area contributed by atoms with Crippen molar-refractivity contribution >= 4 is 21.1 Å². The van der Waals surface area contributed by atoms with E-state index in [1.165, 1.54) is 18.5 Å². The normalized spacial score (nSPS) is 11.7. The predicted octanol–water partition coefficient (Wildman–Crippen LogP) is 2.31. The van der Waals surface area contributed by atoms with E-state index >= 15 is 0 Å². The summed E-state index contributed by atoms with van der Waals surface area (Å²) < 4.78 is 37.3. The van der Waals surface area contributed by atoms with Crippen molar-refractivity contribution < 1.29 is 17.6 Å². The van der Waals surface area contributed by atoms with Crippen LogP contribution in [0.25, 0.3) is 11.1 Å². The molecule has 6 nitrogen and oxygen atoms in total. The minimum Gasteiger partial charge on any atom is -0.497 e. The van der Waals surface area contributed by atoms with E-state index in [-0.39, 0.29) is 11.4 Å². The predicted molar refractivity (Wildman–Crippen MR) is 81.0 cm³/mol. The van der Waals surface area contributed by atoms with E-state index in [4.69, 9.17) is 9.15 Å². The molecule has 0 unspecified atom stereocenters. The lowest BCUT2D eigenvalue weighted by atomic mass is 10.2. The second-order valence-electron chi connectivity index (χ2n) is 4.65. The Kier molecular flexibility index (Phi) is 3.82. The van der Waals surface area contributed by atoms with Gasteiger partial charge in [0.05, 0.1) is 12.0 Å². The maximum Gasteiger partial charge on any atom is 0.241 e. The van der Waals surface area contributed by atoms with Gasteiger partial charge in [-0.2, -0.15) is 0 Å². The highest BCUT2D eigenvalue weighted by atomic mass is 32.2. The Hall–Kier alpha value is -2.38. The van der Waals surface area contributed by atoms with Crippen LogP contribution in [0.15, 0.2) is 58.2 Å². The molecular formula is C15H14N2O4S. The maximum absolute atomic E-state index is 12.3. The van der Waals surface area contributed by atoms with Crippen molar-refractivity contribution in [3.8, 4) is 5.75 Å². The van der Waals surface area contributed by atoms with Gasteiger partial charge in [0.25, 0.3) is 0 Å². The molecule has 1 heterocycles. The second kappa shape index (κ2) is 5.78. The minimum absolute atomic E-state index is 0.144. The van der Waals surface area contributed by atoms with Crippen molar-refractivity contribution in [2.24, 2.45) is 0 Å². The molecule has 2 aromatic carbocycles. The lowest BCUT2D eigenvalue weighted by molar-refractivity contribution is 0.414. The average Bonchev–Trinajstić information content (AvgIpc) is 3.01. The molecule has 1 aromatic heterocycles. The van der Waals surface area contributed by atoms with Crippen molar-refractivity contribution in [2.75, 3.05) is 7.11 Å². The van der Waals surface area contributed by atoms with Gasteiger partial charge in [0.2, 0.25) is 10.0 Å². The second-order valence-corrected chi connectivity index (χ2v) is 6.42. The van der Waals surface area contributed by atoms with Crippen LogP contribution in [0.2, 0.25) is 0 Å². The van der Waals surface area contributed by atoms with Gasteiger partial charge in [0, 0.05) is 12.6 Å².